The van der Waals surface area contributed by atoms with Gasteiger partial charge in [0.1, 0.15) is 11.5 Å². The fourth-order valence-electron chi connectivity index (χ4n) is 2.90. The van der Waals surface area contributed by atoms with E-state index in [-0.39, 0.29) is 10.6 Å². The number of ether oxygens (including phenoxy) is 2. The number of nitrogens with one attached hydrogen (secondary N) is 1. The highest BCUT2D eigenvalue weighted by Crippen LogP contribution is 2.29. The third kappa shape index (κ3) is 5.61. The Hall–Kier alpha value is -2.84. The summed E-state index contributed by atoms with van der Waals surface area (Å²) >= 11 is 0. The van der Waals surface area contributed by atoms with Gasteiger partial charge in [-0.2, -0.15) is 4.31 Å². The molecule has 162 valence electrons. The van der Waals surface area contributed by atoms with Crippen molar-refractivity contribution in [2.75, 3.05) is 32.1 Å². The molecule has 2 aromatic rings. The van der Waals surface area contributed by atoms with Crippen LogP contribution in [-0.2, 0) is 14.8 Å². The van der Waals surface area contributed by atoms with Gasteiger partial charge in [-0.25, -0.2) is 8.42 Å². The van der Waals surface area contributed by atoms with Gasteiger partial charge in [-0.1, -0.05) is 32.0 Å². The third-order valence-corrected chi connectivity index (χ3v) is 6.45. The van der Waals surface area contributed by atoms with Gasteiger partial charge in [-0.15, -0.1) is 0 Å². The van der Waals surface area contributed by atoms with Gasteiger partial charge in [-0.3, -0.25) is 4.79 Å². The first kappa shape index (κ1) is 23.4. The summed E-state index contributed by atoms with van der Waals surface area (Å²) in [4.78, 5) is 12.6. The van der Waals surface area contributed by atoms with Gasteiger partial charge in [0.25, 0.3) is 0 Å². The van der Waals surface area contributed by atoms with Crippen LogP contribution in [0, 0.1) is 0 Å². The van der Waals surface area contributed by atoms with Gasteiger partial charge < -0.3 is 14.8 Å². The second-order valence-electron chi connectivity index (χ2n) is 6.24. The molecule has 7 nitrogen and oxygen atoms in total. The molecule has 8 heteroatoms. The van der Waals surface area contributed by atoms with E-state index in [9.17, 15) is 13.2 Å². The Bertz CT molecular complexity index is 998. The molecule has 0 aliphatic rings. The minimum absolute atomic E-state index is 0.0907. The van der Waals surface area contributed by atoms with Crippen molar-refractivity contribution in [3.63, 3.8) is 0 Å². The Balaban J connectivity index is 2.28. The number of amides is 1. The highest BCUT2D eigenvalue weighted by molar-refractivity contribution is 7.89. The number of methoxy groups -OCH3 is 1. The van der Waals surface area contributed by atoms with E-state index in [1.165, 1.54) is 35.7 Å². The molecule has 0 spiro atoms. The fourth-order valence-corrected chi connectivity index (χ4v) is 4.39. The molecule has 0 saturated heterocycles. The average Bonchev–Trinajstić information content (AvgIpc) is 2.74. The smallest absolute Gasteiger partial charge is 0.248 e. The number of anilines is 1. The number of rotatable bonds is 10. The van der Waals surface area contributed by atoms with E-state index in [1.807, 2.05) is 31.2 Å². The van der Waals surface area contributed by atoms with Crippen molar-refractivity contribution in [3.05, 3.63) is 54.1 Å². The number of para-hydroxylation sites is 1. The maximum atomic E-state index is 12.8. The van der Waals surface area contributed by atoms with Gasteiger partial charge in [-0.05, 0) is 37.3 Å². The lowest BCUT2D eigenvalue weighted by molar-refractivity contribution is -0.111. The summed E-state index contributed by atoms with van der Waals surface area (Å²) in [7, 11) is -2.20. The molecule has 1 N–H and O–H groups in total. The molecule has 0 bridgehead atoms. The summed E-state index contributed by atoms with van der Waals surface area (Å²) < 4.78 is 37.7. The molecular formula is C22H28N2O5S. The lowest BCUT2D eigenvalue weighted by atomic mass is 10.2. The quantitative estimate of drug-likeness (QED) is 0.578. The molecule has 0 unspecified atom stereocenters. The molecule has 0 fully saturated rings. The van der Waals surface area contributed by atoms with E-state index >= 15 is 0 Å². The maximum absolute atomic E-state index is 12.8. The van der Waals surface area contributed by atoms with Gasteiger partial charge in [0.2, 0.25) is 15.9 Å². The van der Waals surface area contributed by atoms with Gasteiger partial charge in [0, 0.05) is 24.7 Å². The first-order valence-corrected chi connectivity index (χ1v) is 11.2. The normalized spacial score (nSPS) is 11.6. The van der Waals surface area contributed by atoms with E-state index in [0.29, 0.717) is 31.2 Å². The molecule has 0 atom stereocenters. The van der Waals surface area contributed by atoms with Gasteiger partial charge in [0.05, 0.1) is 24.3 Å². The van der Waals surface area contributed by atoms with Gasteiger partial charge in [0.15, 0.2) is 0 Å². The van der Waals surface area contributed by atoms with E-state index in [0.717, 1.165) is 5.56 Å². The van der Waals surface area contributed by atoms with Crippen LogP contribution in [0.3, 0.4) is 0 Å². The Morgan fingerprint density at radius 1 is 1.07 bits per heavy atom. The van der Waals surface area contributed by atoms with Crippen molar-refractivity contribution in [3.8, 4) is 11.5 Å². The van der Waals surface area contributed by atoms with Crippen LogP contribution in [0.1, 0.15) is 26.3 Å². The van der Waals surface area contributed by atoms with E-state index < -0.39 is 15.9 Å². The van der Waals surface area contributed by atoms with Crippen LogP contribution in [0.5, 0.6) is 11.5 Å². The van der Waals surface area contributed by atoms with Crippen LogP contribution < -0.4 is 14.8 Å². The molecule has 0 aliphatic heterocycles. The average molecular weight is 433 g/mol. The first-order chi connectivity index (χ1) is 14.4. The first-order valence-electron chi connectivity index (χ1n) is 9.76. The molecule has 0 radical (unpaired) electrons. The summed E-state index contributed by atoms with van der Waals surface area (Å²) in [5.74, 6) is 0.621. The summed E-state index contributed by atoms with van der Waals surface area (Å²) in [5.41, 5.74) is 1.04. The second kappa shape index (κ2) is 10.8. The number of nitrogens with zero attached hydrogens (tertiary/aromatic N) is 1. The van der Waals surface area contributed by atoms with Crippen LogP contribution in [-0.4, -0.2) is 45.4 Å². The molecule has 1 amide bonds. The van der Waals surface area contributed by atoms with E-state index in [4.69, 9.17) is 9.47 Å². The van der Waals surface area contributed by atoms with Crippen LogP contribution in [0.2, 0.25) is 0 Å². The van der Waals surface area contributed by atoms with Crippen molar-refractivity contribution >= 4 is 27.7 Å². The number of hydrogen-bond donors (Lipinski definition) is 1. The lowest BCUT2D eigenvalue weighted by Crippen LogP contribution is -2.30. The molecule has 0 aliphatic carbocycles. The number of hydrogen-bond acceptors (Lipinski definition) is 5. The van der Waals surface area contributed by atoms with Crippen molar-refractivity contribution in [1.82, 2.24) is 4.31 Å². The van der Waals surface area contributed by atoms with Crippen molar-refractivity contribution in [2.45, 2.75) is 25.7 Å². The van der Waals surface area contributed by atoms with Crippen molar-refractivity contribution in [2.24, 2.45) is 0 Å². The van der Waals surface area contributed by atoms with E-state index in [1.54, 1.807) is 19.9 Å². The predicted octanol–water partition coefficient (Wildman–Crippen LogP) is 3.78. The zero-order valence-corrected chi connectivity index (χ0v) is 18.5. The van der Waals surface area contributed by atoms with E-state index in [2.05, 4.69) is 5.32 Å². The number of benzene rings is 2. The molecule has 0 aromatic heterocycles. The monoisotopic (exact) mass is 432 g/mol. The fraction of sp³-hybridized carbons (Fsp3) is 0.318. The Morgan fingerprint density at radius 2 is 1.77 bits per heavy atom. The van der Waals surface area contributed by atoms with Crippen LogP contribution in [0.25, 0.3) is 6.08 Å². The second-order valence-corrected chi connectivity index (χ2v) is 8.18. The predicted molar refractivity (Wildman–Crippen MR) is 118 cm³/mol. The van der Waals surface area contributed by atoms with Gasteiger partial charge >= 0.3 is 0 Å². The third-order valence-electron chi connectivity index (χ3n) is 4.41. The van der Waals surface area contributed by atoms with Crippen molar-refractivity contribution < 1.29 is 22.7 Å². The topological polar surface area (TPSA) is 84.9 Å². The Morgan fingerprint density at radius 3 is 2.40 bits per heavy atom. The maximum Gasteiger partial charge on any atom is 0.248 e. The summed E-state index contributed by atoms with van der Waals surface area (Å²) in [6.07, 6.45) is 3.01. The summed E-state index contributed by atoms with van der Waals surface area (Å²) in [6.45, 7) is 6.67. The largest absolute Gasteiger partial charge is 0.495 e. The SMILES string of the molecule is CCOc1ccccc1/C=C/C(=O)Nc1cc(S(=O)(=O)N(CC)CC)ccc1OC. The number of carbonyl (C=O) groups excluding carboxylic acids is 1. The van der Waals surface area contributed by atoms with Crippen LogP contribution in [0.4, 0.5) is 5.69 Å². The molecular weight excluding hydrogens is 404 g/mol. The minimum Gasteiger partial charge on any atom is -0.495 e. The van der Waals surface area contributed by atoms with Crippen molar-refractivity contribution in [1.29, 1.82) is 0 Å². The van der Waals surface area contributed by atoms with Crippen LogP contribution in [0.15, 0.2) is 53.4 Å². The number of carbonyl (C=O) groups is 1. The lowest BCUT2D eigenvalue weighted by Gasteiger charge is -2.19. The summed E-state index contributed by atoms with van der Waals surface area (Å²) in [6, 6.07) is 11.8. The van der Waals surface area contributed by atoms with Crippen LogP contribution >= 0.6 is 0 Å². The Labute approximate surface area is 178 Å². The highest BCUT2D eigenvalue weighted by atomic mass is 32.2. The summed E-state index contributed by atoms with van der Waals surface area (Å²) in [5, 5.41) is 2.70. The minimum atomic E-state index is -3.66. The molecule has 0 heterocycles. The number of sulfonamides is 1. The molecule has 2 aromatic carbocycles. The standard InChI is InChI=1S/C22H28N2O5S/c1-5-24(6-2)30(26,27)18-13-14-21(28-4)19(16-18)23-22(25)15-12-17-10-8-9-11-20(17)29-7-3/h8-16H,5-7H2,1-4H3,(H,23,25)/b15-12+. The molecule has 30 heavy (non-hydrogen) atoms. The Kier molecular flexibility index (Phi) is 8.44. The zero-order valence-electron chi connectivity index (χ0n) is 17.7. The molecule has 2 rings (SSSR count). The zero-order chi connectivity index (χ0) is 22.1. The highest BCUT2D eigenvalue weighted by Gasteiger charge is 2.23. The molecule has 0 saturated carbocycles.